The number of fused-ring (bicyclic) bond motifs is 1. The molecule has 0 aromatic heterocycles. The van der Waals surface area contributed by atoms with Gasteiger partial charge in [-0.05, 0) is 63.6 Å². The first-order chi connectivity index (χ1) is 9.58. The van der Waals surface area contributed by atoms with Crippen LogP contribution >= 0.6 is 0 Å². The molecule has 0 amide bonds. The van der Waals surface area contributed by atoms with Gasteiger partial charge in [0.05, 0.1) is 5.60 Å². The van der Waals surface area contributed by atoms with Gasteiger partial charge in [-0.15, -0.1) is 0 Å². The minimum Gasteiger partial charge on any atom is -0.374 e. The van der Waals surface area contributed by atoms with Gasteiger partial charge in [0.2, 0.25) is 0 Å². The van der Waals surface area contributed by atoms with Gasteiger partial charge >= 0.3 is 0 Å². The first-order valence-electron chi connectivity index (χ1n) is 8.03. The van der Waals surface area contributed by atoms with Gasteiger partial charge in [0, 0.05) is 12.6 Å². The van der Waals surface area contributed by atoms with E-state index in [4.69, 9.17) is 4.74 Å². The van der Waals surface area contributed by atoms with Crippen LogP contribution in [0.1, 0.15) is 57.6 Å². The van der Waals surface area contributed by atoms with E-state index < -0.39 is 0 Å². The fourth-order valence-corrected chi connectivity index (χ4v) is 3.26. The molecule has 20 heavy (non-hydrogen) atoms. The van der Waals surface area contributed by atoms with Crippen molar-refractivity contribution in [2.45, 2.75) is 64.5 Å². The van der Waals surface area contributed by atoms with E-state index in [1.54, 1.807) is 5.56 Å². The van der Waals surface area contributed by atoms with Gasteiger partial charge in [0.1, 0.15) is 0 Å². The van der Waals surface area contributed by atoms with Crippen LogP contribution in [0, 0.1) is 0 Å². The molecule has 1 aliphatic carbocycles. The lowest BCUT2D eigenvalue weighted by molar-refractivity contribution is -0.0420. The maximum absolute atomic E-state index is 5.98. The summed E-state index contributed by atoms with van der Waals surface area (Å²) in [5.41, 5.74) is 2.97. The largest absolute Gasteiger partial charge is 0.374 e. The summed E-state index contributed by atoms with van der Waals surface area (Å²) in [6.07, 6.45) is 3.56. The van der Waals surface area contributed by atoms with Crippen molar-refractivity contribution in [3.63, 3.8) is 0 Å². The molecule has 0 heterocycles. The second kappa shape index (κ2) is 6.73. The maximum Gasteiger partial charge on any atom is 0.0778 e. The van der Waals surface area contributed by atoms with Crippen LogP contribution in [0.5, 0.6) is 0 Å². The summed E-state index contributed by atoms with van der Waals surface area (Å²) in [7, 11) is 0. The van der Waals surface area contributed by atoms with Crippen molar-refractivity contribution in [1.82, 2.24) is 5.32 Å². The molecule has 2 heteroatoms. The third-order valence-electron chi connectivity index (χ3n) is 4.48. The highest BCUT2D eigenvalue weighted by atomic mass is 16.5. The molecule has 0 spiro atoms. The molecular formula is C18H29NO. The predicted octanol–water partition coefficient (Wildman–Crippen LogP) is 3.90. The highest BCUT2D eigenvalue weighted by Crippen LogP contribution is 2.39. The van der Waals surface area contributed by atoms with Gasteiger partial charge in [-0.25, -0.2) is 0 Å². The summed E-state index contributed by atoms with van der Waals surface area (Å²) >= 11 is 0. The van der Waals surface area contributed by atoms with Crippen LogP contribution in [0.4, 0.5) is 0 Å². The number of hydrogen-bond acceptors (Lipinski definition) is 2. The van der Waals surface area contributed by atoms with Gasteiger partial charge in [-0.3, -0.25) is 0 Å². The summed E-state index contributed by atoms with van der Waals surface area (Å²) in [6.45, 7) is 10.6. The zero-order valence-corrected chi connectivity index (χ0v) is 13.4. The second-order valence-electron chi connectivity index (χ2n) is 6.38. The van der Waals surface area contributed by atoms with Crippen LogP contribution in [0.15, 0.2) is 24.3 Å². The van der Waals surface area contributed by atoms with Crippen molar-refractivity contribution >= 4 is 0 Å². The number of benzene rings is 1. The molecule has 0 bridgehead atoms. The Hall–Kier alpha value is -0.860. The fourth-order valence-electron chi connectivity index (χ4n) is 3.26. The predicted molar refractivity (Wildman–Crippen MR) is 85.3 cm³/mol. The maximum atomic E-state index is 5.98. The van der Waals surface area contributed by atoms with Crippen molar-refractivity contribution in [3.8, 4) is 0 Å². The molecule has 0 radical (unpaired) electrons. The first-order valence-corrected chi connectivity index (χ1v) is 8.03. The third kappa shape index (κ3) is 3.42. The Morgan fingerprint density at radius 2 is 2.05 bits per heavy atom. The van der Waals surface area contributed by atoms with E-state index in [0.717, 1.165) is 13.2 Å². The van der Waals surface area contributed by atoms with Gasteiger partial charge in [-0.1, -0.05) is 31.2 Å². The van der Waals surface area contributed by atoms with Gasteiger partial charge in [0.25, 0.3) is 0 Å². The van der Waals surface area contributed by atoms with Crippen molar-refractivity contribution in [3.05, 3.63) is 35.4 Å². The van der Waals surface area contributed by atoms with Gasteiger partial charge in [-0.2, -0.15) is 0 Å². The van der Waals surface area contributed by atoms with Gasteiger partial charge in [0.15, 0.2) is 0 Å². The molecule has 2 nitrogen and oxygen atoms in total. The summed E-state index contributed by atoms with van der Waals surface area (Å²) in [4.78, 5) is 0. The van der Waals surface area contributed by atoms with E-state index in [0.29, 0.717) is 12.0 Å². The average molecular weight is 275 g/mol. The quantitative estimate of drug-likeness (QED) is 0.777. The van der Waals surface area contributed by atoms with Crippen LogP contribution in [0.2, 0.25) is 0 Å². The minimum absolute atomic E-state index is 0.103. The molecule has 1 aromatic carbocycles. The fraction of sp³-hybridized carbons (Fsp3) is 0.667. The Bertz CT molecular complexity index is 427. The molecule has 2 unspecified atom stereocenters. The molecule has 0 fully saturated rings. The molecular weight excluding hydrogens is 246 g/mol. The summed E-state index contributed by atoms with van der Waals surface area (Å²) in [5, 5.41) is 3.70. The molecule has 1 N–H and O–H groups in total. The summed E-state index contributed by atoms with van der Waals surface area (Å²) in [5.74, 6) is 0.695. The van der Waals surface area contributed by atoms with E-state index in [-0.39, 0.29) is 5.60 Å². The van der Waals surface area contributed by atoms with Crippen molar-refractivity contribution in [1.29, 1.82) is 0 Å². The summed E-state index contributed by atoms with van der Waals surface area (Å²) < 4.78 is 5.98. The molecule has 1 aromatic rings. The highest BCUT2D eigenvalue weighted by Gasteiger charge is 2.35. The molecule has 0 aliphatic heterocycles. The lowest BCUT2D eigenvalue weighted by Gasteiger charge is -2.40. The number of ether oxygens (including phenoxy) is 1. The highest BCUT2D eigenvalue weighted by molar-refractivity contribution is 5.40. The first kappa shape index (κ1) is 15.5. The SMILES string of the molecule is CCCNC(CC1Cc2ccccc21)C(C)(C)OCC. The normalized spacial score (nSPS) is 19.3. The molecule has 0 saturated heterocycles. The van der Waals surface area contributed by atoms with Crippen LogP contribution in [0.25, 0.3) is 0 Å². The van der Waals surface area contributed by atoms with Crippen LogP contribution < -0.4 is 5.32 Å². The zero-order chi connectivity index (χ0) is 14.6. The van der Waals surface area contributed by atoms with E-state index in [9.17, 15) is 0 Å². The summed E-state index contributed by atoms with van der Waals surface area (Å²) in [6, 6.07) is 9.27. The molecule has 0 saturated carbocycles. The Balaban J connectivity index is 2.02. The Morgan fingerprint density at radius 1 is 1.30 bits per heavy atom. The zero-order valence-electron chi connectivity index (χ0n) is 13.4. The number of nitrogens with one attached hydrogen (secondary N) is 1. The second-order valence-corrected chi connectivity index (χ2v) is 6.38. The molecule has 2 rings (SSSR count). The molecule has 112 valence electrons. The van der Waals surface area contributed by atoms with Crippen LogP contribution in [0.3, 0.4) is 0 Å². The third-order valence-corrected chi connectivity index (χ3v) is 4.48. The monoisotopic (exact) mass is 275 g/mol. The van der Waals surface area contributed by atoms with Crippen molar-refractivity contribution in [2.75, 3.05) is 13.2 Å². The topological polar surface area (TPSA) is 21.3 Å². The van der Waals surface area contributed by atoms with Crippen LogP contribution in [-0.4, -0.2) is 24.8 Å². The lowest BCUT2D eigenvalue weighted by Crippen LogP contribution is -2.50. The van der Waals surface area contributed by atoms with Gasteiger partial charge < -0.3 is 10.1 Å². The number of hydrogen-bond donors (Lipinski definition) is 1. The number of rotatable bonds is 8. The lowest BCUT2D eigenvalue weighted by atomic mass is 9.72. The van der Waals surface area contributed by atoms with Crippen LogP contribution in [-0.2, 0) is 11.2 Å². The smallest absolute Gasteiger partial charge is 0.0778 e. The Labute approximate surface area is 123 Å². The van der Waals surface area contributed by atoms with Crippen molar-refractivity contribution < 1.29 is 4.74 Å². The van der Waals surface area contributed by atoms with E-state index in [1.807, 2.05) is 0 Å². The van der Waals surface area contributed by atoms with E-state index in [1.165, 1.54) is 24.8 Å². The van der Waals surface area contributed by atoms with Crippen molar-refractivity contribution in [2.24, 2.45) is 0 Å². The molecule has 1 aliphatic rings. The van der Waals surface area contributed by atoms with E-state index in [2.05, 4.69) is 57.3 Å². The average Bonchev–Trinajstić information content (AvgIpc) is 2.39. The Morgan fingerprint density at radius 3 is 2.70 bits per heavy atom. The standard InChI is InChI=1S/C18H29NO/c1-5-11-19-17(18(3,4)20-6-2)13-15-12-14-9-7-8-10-16(14)15/h7-10,15,17,19H,5-6,11-13H2,1-4H3. The molecule has 2 atom stereocenters. The van der Waals surface area contributed by atoms with E-state index >= 15 is 0 Å². The Kier molecular flexibility index (Phi) is 5.22. The minimum atomic E-state index is -0.103.